The van der Waals surface area contributed by atoms with Gasteiger partial charge < -0.3 is 0 Å². The third kappa shape index (κ3) is 2.61. The molecular weight excluding hydrogens is 158 g/mol. The van der Waals surface area contributed by atoms with Gasteiger partial charge in [0.15, 0.2) is 0 Å². The molecule has 0 aromatic rings. The van der Waals surface area contributed by atoms with Gasteiger partial charge in [0.2, 0.25) is 0 Å². The summed E-state index contributed by atoms with van der Waals surface area (Å²) in [5.41, 5.74) is 1.15. The lowest BCUT2D eigenvalue weighted by molar-refractivity contribution is 1.14. The monoisotopic (exact) mass is 167 g/mol. The lowest BCUT2D eigenvalue weighted by Crippen LogP contribution is -1.83. The van der Waals surface area contributed by atoms with E-state index in [1.807, 2.05) is 13.0 Å². The van der Waals surface area contributed by atoms with Crippen molar-refractivity contribution in [1.82, 2.24) is 0 Å². The molecule has 11 heavy (non-hydrogen) atoms. The van der Waals surface area contributed by atoms with E-state index in [9.17, 15) is 0 Å². The number of hydrogen-bond acceptors (Lipinski definition) is 1. The van der Waals surface area contributed by atoms with Gasteiger partial charge in [-0.15, -0.1) is 0 Å². The lowest BCUT2D eigenvalue weighted by atomic mass is 10.1. The summed E-state index contributed by atoms with van der Waals surface area (Å²) in [6.45, 7) is 9.02. The Kier molecular flexibility index (Phi) is 4.33. The minimum absolute atomic E-state index is 0.295. The topological polar surface area (TPSA) is 23.8 Å². The van der Waals surface area contributed by atoms with Crippen LogP contribution in [0.4, 0.5) is 0 Å². The van der Waals surface area contributed by atoms with Crippen molar-refractivity contribution in [3.63, 3.8) is 0 Å². The Balaban J connectivity index is 4.78. The lowest BCUT2D eigenvalue weighted by Gasteiger charge is -1.99. The first-order valence-electron chi connectivity index (χ1n) is 3.27. The average molecular weight is 168 g/mol. The second-order valence-corrected chi connectivity index (χ2v) is 2.37. The van der Waals surface area contributed by atoms with Gasteiger partial charge in [-0.25, -0.2) is 0 Å². The predicted molar refractivity (Wildman–Crippen MR) is 48.1 cm³/mol. The van der Waals surface area contributed by atoms with Gasteiger partial charge in [0.1, 0.15) is 6.07 Å². The zero-order chi connectivity index (χ0) is 8.85. The van der Waals surface area contributed by atoms with Crippen molar-refractivity contribution >= 4 is 11.6 Å². The average Bonchev–Trinajstić information content (AvgIpc) is 2.05. The smallest absolute Gasteiger partial charge is 0.100 e. The summed E-state index contributed by atoms with van der Waals surface area (Å²) in [6.07, 6.45) is 2.41. The highest BCUT2D eigenvalue weighted by atomic mass is 35.5. The fourth-order valence-corrected chi connectivity index (χ4v) is 0.885. The third-order valence-corrected chi connectivity index (χ3v) is 1.78. The van der Waals surface area contributed by atoms with Crippen LogP contribution < -0.4 is 0 Å². The van der Waals surface area contributed by atoms with E-state index in [1.54, 1.807) is 6.08 Å². The summed E-state index contributed by atoms with van der Waals surface area (Å²) in [4.78, 5) is 0. The molecule has 0 aliphatic rings. The summed E-state index contributed by atoms with van der Waals surface area (Å²) in [5, 5.41) is 8.86. The number of halogens is 1. The van der Waals surface area contributed by atoms with Crippen molar-refractivity contribution in [2.24, 2.45) is 0 Å². The first-order chi connectivity index (χ1) is 5.17. The minimum Gasteiger partial charge on any atom is -0.192 e. The fraction of sp³-hybridized carbons (Fsp3) is 0.222. The van der Waals surface area contributed by atoms with Gasteiger partial charge in [0.05, 0.1) is 10.6 Å². The van der Waals surface area contributed by atoms with Gasteiger partial charge in [-0.3, -0.25) is 0 Å². The summed E-state index contributed by atoms with van der Waals surface area (Å²) < 4.78 is 0. The largest absolute Gasteiger partial charge is 0.192 e. The molecule has 0 radical (unpaired) electrons. The molecule has 0 amide bonds. The summed E-state index contributed by atoms with van der Waals surface area (Å²) in [6, 6.07) is 1.88. The van der Waals surface area contributed by atoms with Crippen molar-refractivity contribution in [2.75, 3.05) is 0 Å². The molecule has 0 aromatic heterocycles. The van der Waals surface area contributed by atoms with Crippen molar-refractivity contribution in [3.8, 4) is 6.07 Å². The third-order valence-electron chi connectivity index (χ3n) is 1.31. The van der Waals surface area contributed by atoms with Crippen LogP contribution in [0.5, 0.6) is 0 Å². The molecule has 0 heterocycles. The Hall–Kier alpha value is -1.00. The van der Waals surface area contributed by atoms with Crippen molar-refractivity contribution in [1.29, 1.82) is 5.26 Å². The zero-order valence-corrected chi connectivity index (χ0v) is 7.28. The van der Waals surface area contributed by atoms with Gasteiger partial charge in [0, 0.05) is 0 Å². The summed E-state index contributed by atoms with van der Waals surface area (Å²) in [5.74, 6) is 0. The van der Waals surface area contributed by atoms with E-state index in [-0.39, 0.29) is 0 Å². The molecule has 0 bridgehead atoms. The molecule has 58 valence electrons. The summed E-state index contributed by atoms with van der Waals surface area (Å²) >= 11 is 5.78. The van der Waals surface area contributed by atoms with E-state index in [0.717, 1.165) is 12.0 Å². The van der Waals surface area contributed by atoms with E-state index in [0.29, 0.717) is 10.6 Å². The van der Waals surface area contributed by atoms with Crippen molar-refractivity contribution in [3.05, 3.63) is 35.4 Å². The Morgan fingerprint density at radius 2 is 2.27 bits per heavy atom. The molecule has 0 saturated heterocycles. The van der Waals surface area contributed by atoms with Crippen LogP contribution in [-0.2, 0) is 0 Å². The van der Waals surface area contributed by atoms with Crippen LogP contribution in [-0.4, -0.2) is 0 Å². The maximum absolute atomic E-state index is 8.44. The van der Waals surface area contributed by atoms with Gasteiger partial charge in [-0.05, 0) is 12.0 Å². The number of rotatable bonds is 3. The van der Waals surface area contributed by atoms with E-state index in [2.05, 4.69) is 13.2 Å². The maximum atomic E-state index is 8.44. The molecule has 0 unspecified atom stereocenters. The molecule has 0 aliphatic heterocycles. The molecule has 0 aromatic carbocycles. The molecule has 2 heteroatoms. The molecule has 0 fully saturated rings. The van der Waals surface area contributed by atoms with Crippen LogP contribution in [0.2, 0.25) is 0 Å². The molecule has 0 saturated carbocycles. The van der Waals surface area contributed by atoms with E-state index in [1.165, 1.54) is 0 Å². The molecule has 1 nitrogen and oxygen atoms in total. The van der Waals surface area contributed by atoms with Crippen LogP contribution in [0, 0.1) is 11.3 Å². The number of nitriles is 1. The van der Waals surface area contributed by atoms with Crippen LogP contribution in [0.3, 0.4) is 0 Å². The number of allylic oxidation sites excluding steroid dienone is 4. The Labute approximate surface area is 72.3 Å². The molecule has 0 atom stereocenters. The first kappa shape index (κ1) is 10.0. The van der Waals surface area contributed by atoms with E-state index < -0.39 is 0 Å². The predicted octanol–water partition coefficient (Wildman–Crippen LogP) is 3.16. The Bertz CT molecular complexity index is 243. The normalized spacial score (nSPS) is 11.4. The highest BCUT2D eigenvalue weighted by molar-refractivity contribution is 6.32. The van der Waals surface area contributed by atoms with Gasteiger partial charge in [0.25, 0.3) is 0 Å². The van der Waals surface area contributed by atoms with Gasteiger partial charge >= 0.3 is 0 Å². The van der Waals surface area contributed by atoms with Gasteiger partial charge in [-0.2, -0.15) is 5.26 Å². The Morgan fingerprint density at radius 3 is 2.55 bits per heavy atom. The van der Waals surface area contributed by atoms with Crippen molar-refractivity contribution in [2.45, 2.75) is 13.3 Å². The van der Waals surface area contributed by atoms with Crippen molar-refractivity contribution < 1.29 is 0 Å². The highest BCUT2D eigenvalue weighted by Crippen LogP contribution is 2.20. The second kappa shape index (κ2) is 4.76. The second-order valence-electron chi connectivity index (χ2n) is 1.99. The molecule has 0 rings (SSSR count). The number of nitrogens with zero attached hydrogens (tertiary/aromatic N) is 1. The van der Waals surface area contributed by atoms with E-state index >= 15 is 0 Å². The van der Waals surface area contributed by atoms with Crippen LogP contribution in [0.15, 0.2) is 35.4 Å². The molecule has 0 N–H and O–H groups in total. The van der Waals surface area contributed by atoms with Crippen LogP contribution in [0.25, 0.3) is 0 Å². The SMILES string of the molecule is C=C/C(CC)=C(/Cl)C(=C)C#N. The fourth-order valence-electron chi connectivity index (χ4n) is 0.632. The minimum atomic E-state index is 0.295. The van der Waals surface area contributed by atoms with Crippen LogP contribution in [0.1, 0.15) is 13.3 Å². The maximum Gasteiger partial charge on any atom is 0.100 e. The van der Waals surface area contributed by atoms with E-state index in [4.69, 9.17) is 16.9 Å². The molecule has 0 aliphatic carbocycles. The first-order valence-corrected chi connectivity index (χ1v) is 3.65. The quantitative estimate of drug-likeness (QED) is 0.468. The number of hydrogen-bond donors (Lipinski definition) is 0. The molecular formula is C9H10ClN. The van der Waals surface area contributed by atoms with Gasteiger partial charge in [-0.1, -0.05) is 37.8 Å². The Morgan fingerprint density at radius 1 is 1.73 bits per heavy atom. The zero-order valence-electron chi connectivity index (χ0n) is 6.52. The summed E-state index contributed by atoms with van der Waals surface area (Å²) in [7, 11) is 0. The standard InChI is InChI=1S/C9H10ClN/c1-4-8(5-2)9(10)7(3)6-11/h4H,1,3,5H2,2H3/b9-8-. The van der Waals surface area contributed by atoms with Crippen LogP contribution >= 0.6 is 11.6 Å². The molecule has 0 spiro atoms. The highest BCUT2D eigenvalue weighted by Gasteiger charge is 2.01.